The largest absolute Gasteiger partial charge is 0.349 e. The minimum absolute atomic E-state index is 0.0139. The second-order valence-corrected chi connectivity index (χ2v) is 7.44. The molecule has 2 rings (SSSR count). The molecule has 1 amide bonds. The lowest BCUT2D eigenvalue weighted by atomic mass is 9.92. The summed E-state index contributed by atoms with van der Waals surface area (Å²) in [6.45, 7) is 5.42. The molecule has 0 bridgehead atoms. The van der Waals surface area contributed by atoms with Crippen molar-refractivity contribution < 1.29 is 9.59 Å². The summed E-state index contributed by atoms with van der Waals surface area (Å²) in [5.74, 6) is -1.11. The van der Waals surface area contributed by atoms with Gasteiger partial charge in [-0.1, -0.05) is 37.3 Å². The van der Waals surface area contributed by atoms with Gasteiger partial charge < -0.3 is 5.32 Å². The zero-order chi connectivity index (χ0) is 22.8. The Balaban J connectivity index is 2.18. The van der Waals surface area contributed by atoms with E-state index in [9.17, 15) is 20.1 Å². The first-order valence-electron chi connectivity index (χ1n) is 9.92. The number of nitrogens with one attached hydrogen (secondary N) is 1. The number of Topliss-reactive ketones (excluding diaryl/α,β-unsaturated/α-hetero) is 1. The molecule has 6 heteroatoms. The highest BCUT2D eigenvalue weighted by Crippen LogP contribution is 2.17. The molecule has 1 unspecified atom stereocenters. The summed E-state index contributed by atoms with van der Waals surface area (Å²) < 4.78 is 0. The number of ketones is 1. The smallest absolute Gasteiger partial charge is 0.262 e. The monoisotopic (exact) mass is 412 g/mol. The number of carbonyl (C=O) groups excluding carboxylic acids is 2. The van der Waals surface area contributed by atoms with Gasteiger partial charge in [-0.05, 0) is 55.7 Å². The molecule has 1 aromatic heterocycles. The molecule has 0 saturated heterocycles. The third kappa shape index (κ3) is 7.06. The average molecular weight is 412 g/mol. The van der Waals surface area contributed by atoms with Crippen LogP contribution in [0.4, 0.5) is 0 Å². The van der Waals surface area contributed by atoms with E-state index in [4.69, 9.17) is 0 Å². The third-order valence-corrected chi connectivity index (χ3v) is 4.40. The first-order chi connectivity index (χ1) is 14.8. The molecule has 0 aliphatic carbocycles. The van der Waals surface area contributed by atoms with Crippen LogP contribution in [0.2, 0.25) is 0 Å². The van der Waals surface area contributed by atoms with Crippen LogP contribution in [0.25, 0.3) is 12.2 Å². The Morgan fingerprint density at radius 1 is 1.03 bits per heavy atom. The van der Waals surface area contributed by atoms with Crippen LogP contribution in [0.5, 0.6) is 0 Å². The van der Waals surface area contributed by atoms with E-state index in [-0.39, 0.29) is 23.0 Å². The molecule has 1 aromatic carbocycles. The molecule has 0 aliphatic rings. The van der Waals surface area contributed by atoms with Crippen molar-refractivity contribution in [1.82, 2.24) is 10.3 Å². The Labute approximate surface area is 182 Å². The van der Waals surface area contributed by atoms with Gasteiger partial charge in [-0.15, -0.1) is 0 Å². The number of aromatic nitrogens is 1. The fraction of sp³-hybridized carbons (Fsp3) is 0.240. The van der Waals surface area contributed by atoms with E-state index in [1.807, 2.05) is 44.2 Å². The van der Waals surface area contributed by atoms with Crippen molar-refractivity contribution in [3.8, 4) is 12.1 Å². The Kier molecular flexibility index (Phi) is 8.42. The highest BCUT2D eigenvalue weighted by Gasteiger charge is 2.19. The number of amides is 1. The van der Waals surface area contributed by atoms with E-state index in [1.165, 1.54) is 12.2 Å². The first-order valence-corrected chi connectivity index (χ1v) is 9.92. The average Bonchev–Trinajstić information content (AvgIpc) is 2.75. The van der Waals surface area contributed by atoms with Gasteiger partial charge >= 0.3 is 0 Å². The minimum Gasteiger partial charge on any atom is -0.349 e. The molecule has 1 atom stereocenters. The van der Waals surface area contributed by atoms with Crippen LogP contribution in [-0.2, 0) is 16.0 Å². The van der Waals surface area contributed by atoms with Gasteiger partial charge in [0.25, 0.3) is 5.91 Å². The van der Waals surface area contributed by atoms with Crippen LogP contribution in [0.1, 0.15) is 37.6 Å². The van der Waals surface area contributed by atoms with Gasteiger partial charge in [0.1, 0.15) is 17.7 Å². The quantitative estimate of drug-likeness (QED) is 0.523. The molecule has 0 radical (unpaired) electrons. The number of hydrogen-bond acceptors (Lipinski definition) is 5. The van der Waals surface area contributed by atoms with Crippen molar-refractivity contribution in [3.63, 3.8) is 0 Å². The molecule has 1 N–H and O–H groups in total. The van der Waals surface area contributed by atoms with E-state index in [1.54, 1.807) is 37.4 Å². The summed E-state index contributed by atoms with van der Waals surface area (Å²) >= 11 is 0. The molecule has 31 heavy (non-hydrogen) atoms. The maximum absolute atomic E-state index is 12.8. The van der Waals surface area contributed by atoms with Crippen LogP contribution >= 0.6 is 0 Å². The molecular formula is C25H24N4O2. The molecule has 0 fully saturated rings. The van der Waals surface area contributed by atoms with E-state index in [2.05, 4.69) is 10.3 Å². The van der Waals surface area contributed by atoms with Crippen LogP contribution in [-0.4, -0.2) is 22.7 Å². The van der Waals surface area contributed by atoms with Crippen molar-refractivity contribution >= 4 is 23.8 Å². The molecule has 1 heterocycles. The van der Waals surface area contributed by atoms with Gasteiger partial charge in [0, 0.05) is 18.2 Å². The Hall–Kier alpha value is -4.03. The summed E-state index contributed by atoms with van der Waals surface area (Å²) in [5, 5.41) is 21.4. The zero-order valence-electron chi connectivity index (χ0n) is 17.8. The molecular weight excluding hydrogens is 388 g/mol. The maximum Gasteiger partial charge on any atom is 0.262 e. The van der Waals surface area contributed by atoms with Crippen LogP contribution < -0.4 is 5.32 Å². The molecule has 156 valence electrons. The summed E-state index contributed by atoms with van der Waals surface area (Å²) in [4.78, 5) is 29.0. The Morgan fingerprint density at radius 3 is 2.39 bits per heavy atom. The number of benzene rings is 1. The molecule has 6 nitrogen and oxygen atoms in total. The predicted octanol–water partition coefficient (Wildman–Crippen LogP) is 3.87. The highest BCUT2D eigenvalue weighted by atomic mass is 16.1. The Bertz CT molecular complexity index is 1090. The van der Waals surface area contributed by atoms with Crippen LogP contribution in [0, 0.1) is 28.6 Å². The van der Waals surface area contributed by atoms with Gasteiger partial charge in [-0.25, -0.2) is 0 Å². The summed E-state index contributed by atoms with van der Waals surface area (Å²) in [6.07, 6.45) is 5.03. The van der Waals surface area contributed by atoms with Crippen molar-refractivity contribution in [2.45, 2.75) is 33.2 Å². The van der Waals surface area contributed by atoms with E-state index in [0.29, 0.717) is 17.7 Å². The molecule has 0 saturated carbocycles. The summed E-state index contributed by atoms with van der Waals surface area (Å²) in [6, 6.07) is 16.4. The number of allylic oxidation sites excluding steroid dienone is 1. The van der Waals surface area contributed by atoms with Gasteiger partial charge in [-0.2, -0.15) is 10.5 Å². The molecule has 2 aromatic rings. The number of rotatable bonds is 8. The van der Waals surface area contributed by atoms with E-state index < -0.39 is 11.8 Å². The normalized spacial score (nSPS) is 12.6. The lowest BCUT2D eigenvalue weighted by Gasteiger charge is -2.11. The fourth-order valence-electron chi connectivity index (χ4n) is 2.94. The van der Waals surface area contributed by atoms with Gasteiger partial charge in [-0.3, -0.25) is 14.6 Å². The van der Waals surface area contributed by atoms with Crippen molar-refractivity contribution in [1.29, 1.82) is 10.5 Å². The second kappa shape index (κ2) is 11.2. The lowest BCUT2D eigenvalue weighted by Crippen LogP contribution is -2.30. The minimum atomic E-state index is -0.426. The predicted molar refractivity (Wildman–Crippen MR) is 119 cm³/mol. The van der Waals surface area contributed by atoms with Crippen molar-refractivity contribution in [3.05, 3.63) is 76.6 Å². The molecule has 0 spiro atoms. The fourth-order valence-corrected chi connectivity index (χ4v) is 2.94. The third-order valence-electron chi connectivity index (χ3n) is 4.40. The number of hydrogen-bond donors (Lipinski definition) is 1. The number of carbonyl (C=O) groups is 2. The van der Waals surface area contributed by atoms with Gasteiger partial charge in [0.15, 0.2) is 5.78 Å². The van der Waals surface area contributed by atoms with Crippen molar-refractivity contribution in [2.75, 3.05) is 0 Å². The number of nitriles is 2. The summed E-state index contributed by atoms with van der Waals surface area (Å²) in [7, 11) is 0. The summed E-state index contributed by atoms with van der Waals surface area (Å²) in [5.41, 5.74) is 2.18. The standard InChI is InChI=1S/C25H24N4O2/c1-17(2)29-25(31)22(16-27)13-20-8-6-7-19(12-20)11-18(3)24(30)21(15-26)14-23-9-4-5-10-28-23/h4-10,12-14,17-18H,11H2,1-3H3,(H,29,31)/b21-14+,22-13+. The Morgan fingerprint density at radius 2 is 1.77 bits per heavy atom. The number of pyridine rings is 1. The van der Waals surface area contributed by atoms with Crippen LogP contribution in [0.15, 0.2) is 59.8 Å². The number of nitrogens with zero attached hydrogens (tertiary/aromatic N) is 3. The topological polar surface area (TPSA) is 107 Å². The highest BCUT2D eigenvalue weighted by molar-refractivity contribution is 6.04. The van der Waals surface area contributed by atoms with Gasteiger partial charge in [0.05, 0.1) is 11.3 Å². The first kappa shape index (κ1) is 23.3. The van der Waals surface area contributed by atoms with Gasteiger partial charge in [0.2, 0.25) is 0 Å². The van der Waals surface area contributed by atoms with E-state index in [0.717, 1.165) is 5.56 Å². The lowest BCUT2D eigenvalue weighted by molar-refractivity contribution is -0.118. The second-order valence-electron chi connectivity index (χ2n) is 7.44. The molecule has 0 aliphatic heterocycles. The van der Waals surface area contributed by atoms with E-state index >= 15 is 0 Å². The van der Waals surface area contributed by atoms with Crippen LogP contribution in [0.3, 0.4) is 0 Å². The zero-order valence-corrected chi connectivity index (χ0v) is 17.8. The SMILES string of the molecule is CC(C)NC(=O)/C(C#N)=C/c1cccc(CC(C)C(=O)/C(C#N)=C/c2ccccn2)c1. The maximum atomic E-state index is 12.8. The van der Waals surface area contributed by atoms with Crippen molar-refractivity contribution in [2.24, 2.45) is 5.92 Å².